The summed E-state index contributed by atoms with van der Waals surface area (Å²) in [6.07, 6.45) is 3.73. The number of hydrogen-bond donors (Lipinski definition) is 2. The molecule has 9 heteroatoms. The fourth-order valence-electron chi connectivity index (χ4n) is 3.56. The number of halogens is 2. The highest BCUT2D eigenvalue weighted by atomic mass is 19.1. The molecule has 26 heavy (non-hydrogen) atoms. The van der Waals surface area contributed by atoms with Crippen molar-refractivity contribution < 1.29 is 18.3 Å². The fourth-order valence-corrected chi connectivity index (χ4v) is 3.56. The Morgan fingerprint density at radius 2 is 1.85 bits per heavy atom. The molecule has 1 fully saturated rings. The van der Waals surface area contributed by atoms with Crippen LogP contribution < -0.4 is 16.4 Å². The van der Waals surface area contributed by atoms with E-state index in [1.165, 1.54) is 4.90 Å². The lowest BCUT2D eigenvalue weighted by Crippen LogP contribution is -2.58. The van der Waals surface area contributed by atoms with Crippen LogP contribution in [0.3, 0.4) is 0 Å². The number of hydrogen-bond acceptors (Lipinski definition) is 7. The molecule has 0 atom stereocenters. The van der Waals surface area contributed by atoms with Crippen molar-refractivity contribution in [2.75, 3.05) is 11.5 Å². The molecule has 1 spiro atoms. The van der Waals surface area contributed by atoms with E-state index < -0.39 is 29.0 Å². The summed E-state index contributed by atoms with van der Waals surface area (Å²) in [6, 6.07) is 1.86. The minimum absolute atomic E-state index is 0.00962. The lowest BCUT2D eigenvalue weighted by atomic mass is 9.87. The zero-order valence-corrected chi connectivity index (χ0v) is 14.5. The first-order chi connectivity index (χ1) is 12.4. The van der Waals surface area contributed by atoms with Crippen molar-refractivity contribution in [3.8, 4) is 0 Å². The summed E-state index contributed by atoms with van der Waals surface area (Å²) >= 11 is 0. The van der Waals surface area contributed by atoms with E-state index in [0.29, 0.717) is 12.8 Å². The van der Waals surface area contributed by atoms with Crippen LogP contribution in [-0.4, -0.2) is 30.2 Å². The molecule has 2 aliphatic rings. The Morgan fingerprint density at radius 3 is 2.42 bits per heavy atom. The number of ether oxygens (including phenoxy) is 1. The predicted molar refractivity (Wildman–Crippen MR) is 93.9 cm³/mol. The second kappa shape index (κ2) is 6.89. The monoisotopic (exact) mass is 365 g/mol. The average molecular weight is 365 g/mol. The Balaban J connectivity index is 2.09. The minimum Gasteiger partial charge on any atom is -0.462 e. The van der Waals surface area contributed by atoms with Crippen LogP contribution in [-0.2, 0) is 4.74 Å². The molecule has 1 saturated carbocycles. The van der Waals surface area contributed by atoms with Gasteiger partial charge in [0.1, 0.15) is 11.4 Å². The third-order valence-electron chi connectivity index (χ3n) is 4.60. The van der Waals surface area contributed by atoms with Crippen molar-refractivity contribution in [1.82, 2.24) is 0 Å². The number of rotatable bonds is 3. The maximum absolute atomic E-state index is 14.8. The molecule has 140 valence electrons. The molecule has 0 unspecified atom stereocenters. The molecule has 3 rings (SSSR count). The number of carbonyl (C=O) groups excluding carboxylic acids is 1. The van der Waals surface area contributed by atoms with Gasteiger partial charge in [0.2, 0.25) is 11.9 Å². The predicted octanol–water partition coefficient (Wildman–Crippen LogP) is 2.25. The van der Waals surface area contributed by atoms with Crippen LogP contribution in [0.4, 0.5) is 14.5 Å². The summed E-state index contributed by atoms with van der Waals surface area (Å²) in [4.78, 5) is 21.3. The Hall–Kier alpha value is -2.71. The maximum atomic E-state index is 14.8. The van der Waals surface area contributed by atoms with Crippen molar-refractivity contribution in [3.63, 3.8) is 0 Å². The first-order valence-corrected chi connectivity index (χ1v) is 8.54. The highest BCUT2D eigenvalue weighted by Gasteiger charge is 2.44. The molecule has 0 amide bonds. The number of guanidine groups is 2. The molecule has 1 heterocycles. The summed E-state index contributed by atoms with van der Waals surface area (Å²) in [5, 5.41) is 0. The number of nitrogens with two attached hydrogens (primary N) is 2. The van der Waals surface area contributed by atoms with E-state index in [1.807, 2.05) is 0 Å². The van der Waals surface area contributed by atoms with Crippen molar-refractivity contribution in [2.45, 2.75) is 44.7 Å². The number of benzene rings is 1. The minimum atomic E-state index is -0.971. The lowest BCUT2D eigenvalue weighted by Gasteiger charge is -2.45. The van der Waals surface area contributed by atoms with Gasteiger partial charge in [-0.1, -0.05) is 6.42 Å². The molecule has 1 aliphatic heterocycles. The number of esters is 1. The van der Waals surface area contributed by atoms with Crippen molar-refractivity contribution >= 4 is 23.6 Å². The fraction of sp³-hybridized carbons (Fsp3) is 0.471. The number of anilines is 1. The van der Waals surface area contributed by atoms with Gasteiger partial charge in [-0.3, -0.25) is 4.90 Å². The van der Waals surface area contributed by atoms with Gasteiger partial charge in [-0.15, -0.1) is 0 Å². The average Bonchev–Trinajstić information content (AvgIpc) is 2.57. The van der Waals surface area contributed by atoms with Crippen LogP contribution >= 0.6 is 0 Å². The number of nitrogens with zero attached hydrogens (tertiary/aromatic N) is 3. The summed E-state index contributed by atoms with van der Waals surface area (Å²) < 4.78 is 34.4. The third-order valence-corrected chi connectivity index (χ3v) is 4.60. The van der Waals surface area contributed by atoms with Gasteiger partial charge >= 0.3 is 5.97 Å². The Labute approximate surface area is 149 Å². The highest BCUT2D eigenvalue weighted by molar-refractivity contribution is 6.06. The molecule has 0 radical (unpaired) electrons. The van der Waals surface area contributed by atoms with E-state index >= 15 is 0 Å². The molecule has 1 aromatic rings. The van der Waals surface area contributed by atoms with Gasteiger partial charge < -0.3 is 16.2 Å². The van der Waals surface area contributed by atoms with Crippen molar-refractivity contribution in [1.29, 1.82) is 0 Å². The van der Waals surface area contributed by atoms with Crippen molar-refractivity contribution in [3.05, 3.63) is 29.3 Å². The SMILES string of the molecule is CCOC(=O)c1cc(F)c(N2C(N)=NC(N)=NC23CCCCC3)c(F)c1. The van der Waals surface area contributed by atoms with Gasteiger partial charge in [-0.2, -0.15) is 4.99 Å². The van der Waals surface area contributed by atoms with Gasteiger partial charge in [0.25, 0.3) is 0 Å². The van der Waals surface area contributed by atoms with Crippen LogP contribution in [0.5, 0.6) is 0 Å². The van der Waals surface area contributed by atoms with E-state index in [-0.39, 0.29) is 24.1 Å². The largest absolute Gasteiger partial charge is 0.462 e. The van der Waals surface area contributed by atoms with Crippen LogP contribution in [0.25, 0.3) is 0 Å². The molecule has 7 nitrogen and oxygen atoms in total. The Bertz CT molecular complexity index is 764. The van der Waals surface area contributed by atoms with E-state index in [4.69, 9.17) is 16.2 Å². The smallest absolute Gasteiger partial charge is 0.338 e. The summed E-state index contributed by atoms with van der Waals surface area (Å²) in [7, 11) is 0. The van der Waals surface area contributed by atoms with Gasteiger partial charge in [0.05, 0.1) is 12.2 Å². The number of carbonyl (C=O) groups is 1. The number of aliphatic imine (C=N–C) groups is 2. The molecular weight excluding hydrogens is 344 g/mol. The highest BCUT2D eigenvalue weighted by Crippen LogP contribution is 2.41. The zero-order valence-electron chi connectivity index (χ0n) is 14.5. The van der Waals surface area contributed by atoms with Gasteiger partial charge in [-0.05, 0) is 44.7 Å². The molecule has 1 aromatic carbocycles. The lowest BCUT2D eigenvalue weighted by molar-refractivity contribution is 0.0525. The Morgan fingerprint density at radius 1 is 1.23 bits per heavy atom. The normalized spacial score (nSPS) is 19.1. The van der Waals surface area contributed by atoms with Gasteiger partial charge in [0.15, 0.2) is 11.6 Å². The molecular formula is C17H21F2N5O2. The van der Waals surface area contributed by atoms with E-state index in [0.717, 1.165) is 31.4 Å². The van der Waals surface area contributed by atoms with Crippen LogP contribution in [0.15, 0.2) is 22.1 Å². The first kappa shape index (κ1) is 18.1. The third kappa shape index (κ3) is 3.09. The summed E-state index contributed by atoms with van der Waals surface area (Å²) in [5.41, 5.74) is 10.2. The summed E-state index contributed by atoms with van der Waals surface area (Å²) in [6.45, 7) is 1.71. The maximum Gasteiger partial charge on any atom is 0.338 e. The second-order valence-corrected chi connectivity index (χ2v) is 6.33. The first-order valence-electron chi connectivity index (χ1n) is 8.54. The molecule has 0 saturated heterocycles. The Kier molecular flexibility index (Phi) is 4.80. The zero-order chi connectivity index (χ0) is 18.9. The summed E-state index contributed by atoms with van der Waals surface area (Å²) in [5.74, 6) is -2.81. The van der Waals surface area contributed by atoms with E-state index in [2.05, 4.69) is 9.98 Å². The van der Waals surface area contributed by atoms with Crippen LogP contribution in [0.1, 0.15) is 49.4 Å². The van der Waals surface area contributed by atoms with Crippen molar-refractivity contribution in [2.24, 2.45) is 21.5 Å². The van der Waals surface area contributed by atoms with Gasteiger partial charge in [0, 0.05) is 0 Å². The quantitative estimate of drug-likeness (QED) is 0.799. The van der Waals surface area contributed by atoms with E-state index in [9.17, 15) is 13.6 Å². The molecule has 4 N–H and O–H groups in total. The molecule has 0 bridgehead atoms. The second-order valence-electron chi connectivity index (χ2n) is 6.33. The van der Waals surface area contributed by atoms with Crippen LogP contribution in [0, 0.1) is 11.6 Å². The van der Waals surface area contributed by atoms with Crippen LogP contribution in [0.2, 0.25) is 0 Å². The standard InChI is InChI=1S/C17H21F2N5O2/c1-2-26-14(25)10-8-11(18)13(12(19)9-10)24-16(21)22-15(20)23-17(24)6-4-3-5-7-17/h8-9H,2-7H2,1H3,(H4,20,21,22,23). The van der Waals surface area contributed by atoms with E-state index in [1.54, 1.807) is 6.92 Å². The topological polar surface area (TPSA) is 106 Å². The molecule has 1 aliphatic carbocycles. The van der Waals surface area contributed by atoms with Gasteiger partial charge in [-0.25, -0.2) is 18.6 Å². The molecule has 0 aromatic heterocycles.